The Labute approximate surface area is 144 Å². The first-order chi connectivity index (χ1) is 10.7. The third kappa shape index (κ3) is 4.58. The lowest BCUT2D eigenvalue weighted by Gasteiger charge is -2.35. The average Bonchev–Trinajstić information content (AvgIpc) is 2.40. The molecule has 0 aromatic heterocycles. The van der Waals surface area contributed by atoms with E-state index in [9.17, 15) is 9.59 Å². The zero-order valence-electron chi connectivity index (χ0n) is 13.7. The van der Waals surface area contributed by atoms with Crippen LogP contribution in [0.2, 0.25) is 0 Å². The van der Waals surface area contributed by atoms with Crippen molar-refractivity contribution in [3.05, 3.63) is 34.3 Å². The molecule has 0 radical (unpaired) electrons. The minimum Gasteiger partial charge on any atom is -0.456 e. The predicted molar refractivity (Wildman–Crippen MR) is 94.1 cm³/mol. The summed E-state index contributed by atoms with van der Waals surface area (Å²) in [6.07, 6.45) is 1.51. The fourth-order valence-electron chi connectivity index (χ4n) is 2.64. The van der Waals surface area contributed by atoms with E-state index in [1.165, 1.54) is 13.8 Å². The molecule has 1 unspecified atom stereocenters. The molecule has 1 atom stereocenters. The molecule has 0 bridgehead atoms. The van der Waals surface area contributed by atoms with Crippen molar-refractivity contribution in [3.63, 3.8) is 0 Å². The van der Waals surface area contributed by atoms with E-state index in [-0.39, 0.29) is 24.0 Å². The molecule has 1 aromatic rings. The Bertz CT molecular complexity index is 668. The smallest absolute Gasteiger partial charge is 0.303 e. The lowest BCUT2D eigenvalue weighted by molar-refractivity contribution is -0.144. The normalized spacial score (nSPS) is 16.5. The molecule has 0 aliphatic carbocycles. The molecule has 2 N–H and O–H groups in total. The summed E-state index contributed by atoms with van der Waals surface area (Å²) in [4.78, 5) is 22.7. The highest BCUT2D eigenvalue weighted by molar-refractivity contribution is 9.10. The van der Waals surface area contributed by atoms with Gasteiger partial charge in [-0.15, -0.1) is 0 Å². The summed E-state index contributed by atoms with van der Waals surface area (Å²) >= 11 is 3.47. The number of nitrogens with one attached hydrogen (secondary N) is 2. The van der Waals surface area contributed by atoms with Crippen molar-refractivity contribution >= 4 is 39.1 Å². The van der Waals surface area contributed by atoms with E-state index in [0.717, 1.165) is 21.3 Å². The molecule has 2 rings (SSSR count). The van der Waals surface area contributed by atoms with Crippen molar-refractivity contribution in [2.75, 3.05) is 11.9 Å². The number of carbonyl (C=O) groups excluding carboxylic acids is 2. The number of hydrogen-bond acceptors (Lipinski definition) is 4. The van der Waals surface area contributed by atoms with Gasteiger partial charge in [0, 0.05) is 35.1 Å². The van der Waals surface area contributed by atoms with Gasteiger partial charge in [-0.25, -0.2) is 0 Å². The Morgan fingerprint density at radius 3 is 2.65 bits per heavy atom. The van der Waals surface area contributed by atoms with Crippen molar-refractivity contribution in [1.29, 1.82) is 0 Å². The number of carbonyl (C=O) groups is 2. The van der Waals surface area contributed by atoms with Gasteiger partial charge in [0.25, 0.3) is 0 Å². The van der Waals surface area contributed by atoms with E-state index in [1.54, 1.807) is 0 Å². The van der Waals surface area contributed by atoms with E-state index in [2.05, 4.69) is 26.6 Å². The molecule has 1 aromatic carbocycles. The second-order valence-corrected chi connectivity index (χ2v) is 7.09. The molecule has 0 saturated heterocycles. The van der Waals surface area contributed by atoms with E-state index in [0.29, 0.717) is 0 Å². The van der Waals surface area contributed by atoms with Gasteiger partial charge >= 0.3 is 5.97 Å². The maximum atomic E-state index is 11.5. The number of amides is 1. The molecule has 6 heteroatoms. The Balaban J connectivity index is 2.44. The Morgan fingerprint density at radius 2 is 2.04 bits per heavy atom. The Hall–Kier alpha value is -1.82. The topological polar surface area (TPSA) is 67.4 Å². The van der Waals surface area contributed by atoms with Crippen molar-refractivity contribution < 1.29 is 14.3 Å². The molecule has 1 aliphatic heterocycles. The van der Waals surface area contributed by atoms with Crippen LogP contribution in [0.25, 0.3) is 5.57 Å². The van der Waals surface area contributed by atoms with Crippen LogP contribution >= 0.6 is 15.9 Å². The molecule has 1 aliphatic rings. The fraction of sp³-hybridized carbons (Fsp3) is 0.412. The lowest BCUT2D eigenvalue weighted by Crippen LogP contribution is -2.38. The second-order valence-electron chi connectivity index (χ2n) is 6.17. The van der Waals surface area contributed by atoms with Crippen LogP contribution in [0.5, 0.6) is 0 Å². The summed E-state index contributed by atoms with van der Waals surface area (Å²) in [5.74, 6) is -0.539. The third-order valence-corrected chi connectivity index (χ3v) is 3.95. The third-order valence-electron chi connectivity index (χ3n) is 3.46. The van der Waals surface area contributed by atoms with Gasteiger partial charge in [0.15, 0.2) is 0 Å². The van der Waals surface area contributed by atoms with E-state index in [4.69, 9.17) is 4.74 Å². The molecular formula is C17H21BrN2O3. The Kier molecular flexibility index (Phi) is 5.14. The summed E-state index contributed by atoms with van der Waals surface area (Å²) in [6, 6.07) is 5.90. The van der Waals surface area contributed by atoms with Crippen LogP contribution in [0.4, 0.5) is 5.69 Å². The fourth-order valence-corrected chi connectivity index (χ4v) is 3.00. The van der Waals surface area contributed by atoms with Crippen molar-refractivity contribution in [2.45, 2.75) is 39.3 Å². The molecule has 0 spiro atoms. The quantitative estimate of drug-likeness (QED) is 0.787. The SMILES string of the molecule is CC(=O)NCC(OC(C)=O)C1=CC(C)(C)Nc2cc(Br)ccc21. The first kappa shape index (κ1) is 17.5. The van der Waals surface area contributed by atoms with E-state index < -0.39 is 6.10 Å². The van der Waals surface area contributed by atoms with Gasteiger partial charge < -0.3 is 15.4 Å². The van der Waals surface area contributed by atoms with Gasteiger partial charge in [-0.3, -0.25) is 9.59 Å². The highest BCUT2D eigenvalue weighted by Crippen LogP contribution is 2.37. The van der Waals surface area contributed by atoms with E-state index in [1.807, 2.05) is 38.1 Å². The minimum atomic E-state index is -0.530. The monoisotopic (exact) mass is 380 g/mol. The molecule has 5 nitrogen and oxygen atoms in total. The molecule has 0 fully saturated rings. The first-order valence-corrected chi connectivity index (χ1v) is 8.20. The van der Waals surface area contributed by atoms with Crippen LogP contribution < -0.4 is 10.6 Å². The molecule has 124 valence electrons. The van der Waals surface area contributed by atoms with Crippen LogP contribution in [0.3, 0.4) is 0 Å². The van der Waals surface area contributed by atoms with Crippen LogP contribution in [0, 0.1) is 0 Å². The number of anilines is 1. The van der Waals surface area contributed by atoms with Crippen LogP contribution in [-0.4, -0.2) is 30.1 Å². The number of benzene rings is 1. The lowest BCUT2D eigenvalue weighted by atomic mass is 9.87. The van der Waals surface area contributed by atoms with Crippen molar-refractivity contribution in [1.82, 2.24) is 5.32 Å². The summed E-state index contributed by atoms with van der Waals surface area (Å²) in [5.41, 5.74) is 2.52. The summed E-state index contributed by atoms with van der Waals surface area (Å²) in [7, 11) is 0. The number of esters is 1. The number of hydrogen-bond donors (Lipinski definition) is 2. The van der Waals surface area contributed by atoms with Crippen LogP contribution in [-0.2, 0) is 14.3 Å². The Morgan fingerprint density at radius 1 is 1.35 bits per heavy atom. The van der Waals surface area contributed by atoms with Gasteiger partial charge in [0.1, 0.15) is 6.10 Å². The van der Waals surface area contributed by atoms with Crippen molar-refractivity contribution in [3.8, 4) is 0 Å². The largest absolute Gasteiger partial charge is 0.456 e. The predicted octanol–water partition coefficient (Wildman–Crippen LogP) is 3.10. The average molecular weight is 381 g/mol. The van der Waals surface area contributed by atoms with Gasteiger partial charge in [-0.2, -0.15) is 0 Å². The number of fused-ring (bicyclic) bond motifs is 1. The standard InChI is InChI=1S/C17H21BrN2O3/c1-10(21)19-9-16(23-11(2)22)14-8-17(3,4)20-15-7-12(18)5-6-13(14)15/h5-8,16,20H,9H2,1-4H3,(H,19,21). The number of rotatable bonds is 4. The zero-order chi connectivity index (χ0) is 17.2. The van der Waals surface area contributed by atoms with Crippen molar-refractivity contribution in [2.24, 2.45) is 0 Å². The molecule has 23 heavy (non-hydrogen) atoms. The molecule has 1 amide bonds. The molecule has 1 heterocycles. The number of ether oxygens (including phenoxy) is 1. The number of halogens is 1. The van der Waals surface area contributed by atoms with Gasteiger partial charge in [0.05, 0.1) is 12.1 Å². The van der Waals surface area contributed by atoms with Crippen LogP contribution in [0.1, 0.15) is 33.3 Å². The highest BCUT2D eigenvalue weighted by Gasteiger charge is 2.30. The van der Waals surface area contributed by atoms with Crippen LogP contribution in [0.15, 0.2) is 28.7 Å². The molecular weight excluding hydrogens is 360 g/mol. The zero-order valence-corrected chi connectivity index (χ0v) is 15.3. The van der Waals surface area contributed by atoms with Gasteiger partial charge in [-0.1, -0.05) is 28.1 Å². The van der Waals surface area contributed by atoms with Gasteiger partial charge in [-0.05, 0) is 26.0 Å². The molecule has 0 saturated carbocycles. The maximum absolute atomic E-state index is 11.5. The highest BCUT2D eigenvalue weighted by atomic mass is 79.9. The second kappa shape index (κ2) is 6.74. The van der Waals surface area contributed by atoms with Gasteiger partial charge in [0.2, 0.25) is 5.91 Å². The van der Waals surface area contributed by atoms with E-state index >= 15 is 0 Å². The first-order valence-electron chi connectivity index (χ1n) is 7.40. The summed E-state index contributed by atoms with van der Waals surface area (Å²) < 4.78 is 6.42. The summed E-state index contributed by atoms with van der Waals surface area (Å²) in [5, 5.41) is 6.18. The minimum absolute atomic E-state index is 0.160. The maximum Gasteiger partial charge on any atom is 0.303 e. The summed E-state index contributed by atoms with van der Waals surface area (Å²) in [6.45, 7) is 7.14.